The summed E-state index contributed by atoms with van der Waals surface area (Å²) >= 11 is 0. The monoisotopic (exact) mass is 839 g/mol. The van der Waals surface area contributed by atoms with Crippen molar-refractivity contribution in [1.29, 1.82) is 0 Å². The number of aliphatic hydroxyl groups is 3. The smallest absolute Gasteiger partial charge is 0.338 e. The average molecular weight is 840 g/mol. The molecule has 0 spiro atoms. The Morgan fingerprint density at radius 2 is 1.77 bits per heavy atom. The van der Waals surface area contributed by atoms with Gasteiger partial charge in [-0.05, 0) is 37.1 Å². The third kappa shape index (κ3) is 7.22. The topological polar surface area (TPSA) is 179 Å². The van der Waals surface area contributed by atoms with Gasteiger partial charge in [0.05, 0.1) is 37.8 Å². The van der Waals surface area contributed by atoms with E-state index in [2.05, 4.69) is 41.3 Å². The SMILES string of the molecule is CC(=O)O[C@@]12CO[C@@H]1C[C@H](OP(P)P)[C@]1(C)[C@@H]2[C@H](OC(=O)c2ccccc2)[C@]2(O)C[C@H](OC(=O)[C@H](OPP)[C@H](C)NP)C(C)=C([C@H](O)[C@@H]1O)C2(C)C. The lowest BCUT2D eigenvalue weighted by molar-refractivity contribution is -0.362. The number of carbonyl (C=O) groups excluding carboxylic acids is 3. The molecule has 1 heterocycles. The molecule has 3 fully saturated rings. The van der Waals surface area contributed by atoms with E-state index in [9.17, 15) is 29.7 Å². The first-order chi connectivity index (χ1) is 24.3. The Morgan fingerprint density at radius 1 is 1.12 bits per heavy atom. The van der Waals surface area contributed by atoms with E-state index in [1.807, 2.05) is 0 Å². The second-order valence-corrected chi connectivity index (χ2v) is 22.1. The van der Waals surface area contributed by atoms with Crippen LogP contribution in [0, 0.1) is 16.7 Å². The fourth-order valence-corrected chi connectivity index (χ4v) is 11.5. The van der Waals surface area contributed by atoms with Gasteiger partial charge in [-0.2, -0.15) is 0 Å². The number of benzene rings is 1. The van der Waals surface area contributed by atoms with Gasteiger partial charge in [0.25, 0.3) is 0 Å². The summed E-state index contributed by atoms with van der Waals surface area (Å²) in [5.41, 5.74) is -5.73. The third-order valence-corrected chi connectivity index (χ3v) is 14.3. The number of ether oxygens (including phenoxy) is 4. The number of fused-ring (bicyclic) bond motifs is 5. The number of rotatable bonds is 11. The van der Waals surface area contributed by atoms with Gasteiger partial charge in [0.1, 0.15) is 30.0 Å². The van der Waals surface area contributed by atoms with E-state index >= 15 is 0 Å². The first kappa shape index (κ1) is 42.8. The fraction of sp³-hybridized carbons (Fsp3) is 0.667. The van der Waals surface area contributed by atoms with Gasteiger partial charge >= 0.3 is 17.9 Å². The molecule has 1 aromatic carbocycles. The average Bonchev–Trinajstić information content (AvgIpc) is 3.07. The molecule has 5 unspecified atom stereocenters. The summed E-state index contributed by atoms with van der Waals surface area (Å²) in [5.74, 6) is -3.35. The highest BCUT2D eigenvalue weighted by atomic mass is 32.4. The van der Waals surface area contributed by atoms with Crippen LogP contribution in [0.15, 0.2) is 41.5 Å². The van der Waals surface area contributed by atoms with E-state index in [1.54, 1.807) is 65.0 Å². The van der Waals surface area contributed by atoms with Crippen LogP contribution in [-0.2, 0) is 37.6 Å². The Balaban J connectivity index is 1.79. The van der Waals surface area contributed by atoms with Gasteiger partial charge < -0.3 is 43.3 Å². The van der Waals surface area contributed by atoms with Crippen molar-refractivity contribution in [3.05, 3.63) is 47.0 Å². The summed E-state index contributed by atoms with van der Waals surface area (Å²) in [6.07, 6.45) is -8.69. The molecule has 19 heteroatoms. The van der Waals surface area contributed by atoms with Crippen molar-refractivity contribution < 1.29 is 57.7 Å². The quantitative estimate of drug-likeness (QED) is 0.109. The molecule has 290 valence electrons. The summed E-state index contributed by atoms with van der Waals surface area (Å²) in [6, 6.07) is 7.78. The molecule has 4 aliphatic rings. The highest BCUT2D eigenvalue weighted by Gasteiger charge is 2.78. The van der Waals surface area contributed by atoms with Gasteiger partial charge in [0.2, 0.25) is 0 Å². The van der Waals surface area contributed by atoms with E-state index in [-0.39, 0.29) is 39.1 Å². The molecule has 5 rings (SSSR count). The van der Waals surface area contributed by atoms with Crippen LogP contribution in [0.1, 0.15) is 64.7 Å². The zero-order chi connectivity index (χ0) is 38.6. The molecule has 1 saturated heterocycles. The molecule has 1 aromatic rings. The van der Waals surface area contributed by atoms with E-state index in [0.717, 1.165) is 0 Å². The van der Waals surface area contributed by atoms with Crippen molar-refractivity contribution in [2.75, 3.05) is 6.61 Å². The van der Waals surface area contributed by atoms with Crippen LogP contribution in [0.4, 0.5) is 0 Å². The minimum Gasteiger partial charge on any atom is -0.456 e. The van der Waals surface area contributed by atoms with Crippen LogP contribution in [0.2, 0.25) is 0 Å². The molecule has 17 atom stereocenters. The first-order valence-corrected chi connectivity index (χ1v) is 24.7. The van der Waals surface area contributed by atoms with Gasteiger partial charge in [0.15, 0.2) is 11.7 Å². The lowest BCUT2D eigenvalue weighted by Gasteiger charge is -2.69. The van der Waals surface area contributed by atoms with Crippen molar-refractivity contribution in [2.24, 2.45) is 16.7 Å². The third-order valence-electron chi connectivity index (χ3n) is 11.8. The number of carbonyl (C=O) groups is 3. The molecular weight excluding hydrogens is 788 g/mol. The van der Waals surface area contributed by atoms with Gasteiger partial charge in [-0.15, -0.1) is 0 Å². The molecule has 0 radical (unpaired) electrons. The lowest BCUT2D eigenvalue weighted by atomic mass is 9.44. The molecule has 4 N–H and O–H groups in total. The Bertz CT molecular complexity index is 1550. The van der Waals surface area contributed by atoms with Crippen molar-refractivity contribution in [3.63, 3.8) is 0 Å². The standard InChI is InChI=1S/C33H51NO12P6/c1-15-19(42-29(39)24(45-51-48)16(2)34-47)13-33(40)27(43-28(38)18-10-8-7-9-11-18)25-31(6,26(37)23(36)22(15)30(33,4)5)20(46-52(49)50)12-21-32(25,14-41-21)44-17(3)35/h7-11,16,19-21,23-27,34,36-37,40,51H,12-14,47-50H2,1-6H3/t16-,19-,20-,21+,23-,24+,25-,26-,27-,31+,32-,33+/m0/s1. The van der Waals surface area contributed by atoms with Crippen molar-refractivity contribution >= 4 is 70.1 Å². The Morgan fingerprint density at radius 3 is 2.31 bits per heavy atom. The van der Waals surface area contributed by atoms with Crippen LogP contribution in [0.25, 0.3) is 0 Å². The molecule has 0 amide bonds. The highest BCUT2D eigenvalue weighted by molar-refractivity contribution is 8.41. The zero-order valence-electron chi connectivity index (χ0n) is 30.0. The largest absolute Gasteiger partial charge is 0.456 e. The minimum atomic E-state index is -2.12. The zero-order valence-corrected chi connectivity index (χ0v) is 36.5. The van der Waals surface area contributed by atoms with Gasteiger partial charge in [-0.3, -0.25) is 9.88 Å². The van der Waals surface area contributed by atoms with E-state index < -0.39 is 102 Å². The molecule has 52 heavy (non-hydrogen) atoms. The van der Waals surface area contributed by atoms with E-state index in [4.69, 9.17) is 28.0 Å². The molecule has 2 bridgehead atoms. The maximum atomic E-state index is 14.2. The van der Waals surface area contributed by atoms with Gasteiger partial charge in [-0.25, -0.2) is 9.59 Å². The normalized spacial score (nSPS) is 37.9. The van der Waals surface area contributed by atoms with Crippen LogP contribution in [0.3, 0.4) is 0 Å². The number of nitrogens with one attached hydrogen (secondary N) is 1. The molecular formula is C33H51NO12P6. The minimum absolute atomic E-state index is 0.117. The molecule has 3 aliphatic carbocycles. The first-order valence-electron chi connectivity index (χ1n) is 16.9. The van der Waals surface area contributed by atoms with Crippen LogP contribution in [0.5, 0.6) is 0 Å². The maximum Gasteiger partial charge on any atom is 0.338 e. The predicted octanol–water partition coefficient (Wildman–Crippen LogP) is 3.96. The maximum absolute atomic E-state index is 14.2. The number of esters is 3. The summed E-state index contributed by atoms with van der Waals surface area (Å²) in [7, 11) is 8.63. The summed E-state index contributed by atoms with van der Waals surface area (Å²) in [6.45, 7) is 9.67. The Labute approximate surface area is 316 Å². The van der Waals surface area contributed by atoms with Crippen molar-refractivity contribution in [3.8, 4) is 0 Å². The van der Waals surface area contributed by atoms with Crippen LogP contribution >= 0.6 is 52.2 Å². The summed E-state index contributed by atoms with van der Waals surface area (Å²) < 4.78 is 37.1. The Hall–Kier alpha value is -0.330. The number of hydrogen-bond acceptors (Lipinski definition) is 13. The molecule has 0 aromatic heterocycles. The number of hydrogen-bond donors (Lipinski definition) is 4. The molecule has 13 nitrogen and oxygen atoms in total. The molecule has 1 aliphatic heterocycles. The molecule has 2 saturated carbocycles. The lowest BCUT2D eigenvalue weighted by Crippen LogP contribution is -2.82. The van der Waals surface area contributed by atoms with Gasteiger partial charge in [0, 0.05) is 45.1 Å². The van der Waals surface area contributed by atoms with Crippen molar-refractivity contribution in [1.82, 2.24) is 5.09 Å². The fourth-order valence-electron chi connectivity index (χ4n) is 9.00. The number of aliphatic hydroxyl groups excluding tert-OH is 2. The summed E-state index contributed by atoms with van der Waals surface area (Å²) in [5, 5.41) is 41.5. The summed E-state index contributed by atoms with van der Waals surface area (Å²) in [4.78, 5) is 40.9. The predicted molar refractivity (Wildman–Crippen MR) is 210 cm³/mol. The highest BCUT2D eigenvalue weighted by Crippen LogP contribution is 2.68. The van der Waals surface area contributed by atoms with Gasteiger partial charge in [-0.1, -0.05) is 75.1 Å². The van der Waals surface area contributed by atoms with E-state index in [0.29, 0.717) is 5.57 Å². The van der Waals surface area contributed by atoms with Crippen LogP contribution in [-0.4, -0.2) is 99.8 Å². The van der Waals surface area contributed by atoms with Crippen molar-refractivity contribution in [2.45, 2.75) is 114 Å². The Kier molecular flexibility index (Phi) is 13.4. The van der Waals surface area contributed by atoms with E-state index in [1.165, 1.54) is 6.92 Å². The second-order valence-electron chi connectivity index (χ2n) is 14.9. The van der Waals surface area contributed by atoms with Crippen LogP contribution < -0.4 is 5.09 Å². The second kappa shape index (κ2) is 16.3.